The Morgan fingerprint density at radius 2 is 2.00 bits per heavy atom. The van der Waals surface area contributed by atoms with Crippen molar-refractivity contribution in [3.8, 4) is 5.75 Å². The quantitative estimate of drug-likeness (QED) is 0.389. The highest BCUT2D eigenvalue weighted by Gasteiger charge is 2.31. The van der Waals surface area contributed by atoms with E-state index in [1.165, 1.54) is 30.9 Å². The van der Waals surface area contributed by atoms with Gasteiger partial charge in [-0.15, -0.1) is 0 Å². The number of carbonyl (C=O) groups is 1. The summed E-state index contributed by atoms with van der Waals surface area (Å²) < 4.78 is 6.29. The van der Waals surface area contributed by atoms with E-state index in [0.717, 1.165) is 43.0 Å². The van der Waals surface area contributed by atoms with Crippen molar-refractivity contribution in [3.05, 3.63) is 36.4 Å². The third kappa shape index (κ3) is 6.15. The summed E-state index contributed by atoms with van der Waals surface area (Å²) in [5.41, 5.74) is 8.02. The molecule has 27 heavy (non-hydrogen) atoms. The Morgan fingerprint density at radius 1 is 1.33 bits per heavy atom. The monoisotopic (exact) mass is 395 g/mol. The molecule has 0 aliphatic carbocycles. The Hall–Kier alpha value is -1.72. The van der Waals surface area contributed by atoms with E-state index >= 15 is 0 Å². The van der Waals surface area contributed by atoms with Gasteiger partial charge in [0.2, 0.25) is 5.91 Å². The number of ether oxygens (including phenoxy) is 1. The van der Waals surface area contributed by atoms with Crippen LogP contribution in [0.15, 0.2) is 30.9 Å². The molecule has 1 saturated heterocycles. The second-order valence-corrected chi connectivity index (χ2v) is 7.64. The van der Waals surface area contributed by atoms with Crippen molar-refractivity contribution in [3.63, 3.8) is 0 Å². The largest absolute Gasteiger partial charge is 1.00 e. The van der Waals surface area contributed by atoms with Gasteiger partial charge < -0.3 is 32.3 Å². The second-order valence-electron chi connectivity index (χ2n) is 7.64. The van der Waals surface area contributed by atoms with Gasteiger partial charge in [0.05, 0.1) is 39.0 Å². The number of likely N-dealkylation sites (tertiary alicyclic amines) is 1. The fraction of sp³-hybridized carbons (Fsp3) is 0.571. The van der Waals surface area contributed by atoms with E-state index < -0.39 is 0 Å². The zero-order valence-electron chi connectivity index (χ0n) is 16.9. The summed E-state index contributed by atoms with van der Waals surface area (Å²) in [4.78, 5) is 14.1. The molecule has 0 bridgehead atoms. The smallest absolute Gasteiger partial charge is 0.246 e. The van der Waals surface area contributed by atoms with Gasteiger partial charge >= 0.3 is 0 Å². The van der Waals surface area contributed by atoms with Crippen molar-refractivity contribution in [2.75, 3.05) is 39.0 Å². The molecule has 2 rings (SSSR count). The molecule has 0 unspecified atom stereocenters. The van der Waals surface area contributed by atoms with Crippen LogP contribution in [0.4, 0.5) is 5.69 Å². The number of amides is 1. The van der Waals surface area contributed by atoms with Crippen molar-refractivity contribution in [2.45, 2.75) is 45.7 Å². The van der Waals surface area contributed by atoms with Crippen molar-refractivity contribution in [1.82, 2.24) is 4.90 Å². The molecule has 0 atom stereocenters. The van der Waals surface area contributed by atoms with Gasteiger partial charge in [-0.25, -0.2) is 0 Å². The number of hydrogen-bond donors (Lipinski definition) is 1. The summed E-state index contributed by atoms with van der Waals surface area (Å²) in [6, 6.07) is 6.27. The van der Waals surface area contributed by atoms with Crippen LogP contribution in [-0.2, 0) is 11.3 Å². The van der Waals surface area contributed by atoms with E-state index in [-0.39, 0.29) is 24.4 Å². The van der Waals surface area contributed by atoms with Crippen LogP contribution in [0.1, 0.15) is 38.7 Å². The minimum Gasteiger partial charge on any atom is -1.00 e. The lowest BCUT2D eigenvalue weighted by molar-refractivity contribution is -0.944. The number of benzene rings is 1. The fourth-order valence-electron chi connectivity index (χ4n) is 3.97. The van der Waals surface area contributed by atoms with Crippen molar-refractivity contribution < 1.29 is 26.4 Å². The number of carbonyl (C=O) groups excluding carboxylic acids is 1. The minimum absolute atomic E-state index is 0. The number of quaternary nitrogens is 1. The number of piperidine rings is 1. The Labute approximate surface area is 170 Å². The van der Waals surface area contributed by atoms with E-state index in [2.05, 4.69) is 26.5 Å². The van der Waals surface area contributed by atoms with E-state index in [1.54, 1.807) is 7.11 Å². The predicted octanol–water partition coefficient (Wildman–Crippen LogP) is 0.205. The van der Waals surface area contributed by atoms with Gasteiger partial charge in [0.15, 0.2) is 0 Å². The average molecular weight is 396 g/mol. The first-order valence-electron chi connectivity index (χ1n) is 9.61. The molecule has 1 aliphatic heterocycles. The molecule has 1 heterocycles. The van der Waals surface area contributed by atoms with Gasteiger partial charge in [0.25, 0.3) is 0 Å². The minimum atomic E-state index is 0. The summed E-state index contributed by atoms with van der Waals surface area (Å²) in [7, 11) is 1.64. The lowest BCUT2D eigenvalue weighted by Gasteiger charge is -2.43. The molecule has 1 aromatic rings. The summed E-state index contributed by atoms with van der Waals surface area (Å²) in [6.45, 7) is 12.7. The van der Waals surface area contributed by atoms with Crippen LogP contribution in [0.2, 0.25) is 0 Å². The van der Waals surface area contributed by atoms with Gasteiger partial charge in [0, 0.05) is 11.6 Å². The summed E-state index contributed by atoms with van der Waals surface area (Å²) in [5, 5.41) is 0. The molecule has 0 spiro atoms. The predicted molar refractivity (Wildman–Crippen MR) is 107 cm³/mol. The molecule has 5 nitrogen and oxygen atoms in total. The molecule has 0 aromatic heterocycles. The van der Waals surface area contributed by atoms with Gasteiger partial charge in [-0.1, -0.05) is 6.58 Å². The van der Waals surface area contributed by atoms with Gasteiger partial charge in [-0.05, 0) is 57.4 Å². The van der Waals surface area contributed by atoms with Crippen molar-refractivity contribution >= 4 is 11.6 Å². The maximum absolute atomic E-state index is 12.2. The first-order valence-corrected chi connectivity index (χ1v) is 9.61. The maximum Gasteiger partial charge on any atom is 0.246 e. The maximum atomic E-state index is 12.2. The average Bonchev–Trinajstić information content (AvgIpc) is 2.62. The highest BCUT2D eigenvalue weighted by molar-refractivity contribution is 5.87. The molecule has 1 amide bonds. The first kappa shape index (κ1) is 23.3. The Bertz CT molecular complexity index is 628. The number of hydrogen-bond acceptors (Lipinski definition) is 3. The number of rotatable bonds is 8. The zero-order chi connectivity index (χ0) is 19.2. The molecular weight excluding hydrogens is 362 g/mol. The highest BCUT2D eigenvalue weighted by Crippen LogP contribution is 2.27. The molecule has 0 saturated carbocycles. The third-order valence-electron chi connectivity index (χ3n) is 5.47. The summed E-state index contributed by atoms with van der Waals surface area (Å²) >= 11 is 0. The lowest BCUT2D eigenvalue weighted by Crippen LogP contribution is -3.00. The van der Waals surface area contributed by atoms with Crippen molar-refractivity contribution in [1.29, 1.82) is 0 Å². The highest BCUT2D eigenvalue weighted by atomic mass is 35.5. The van der Waals surface area contributed by atoms with Gasteiger partial charge in [-0.2, -0.15) is 0 Å². The number of methoxy groups -OCH3 is 1. The SMILES string of the molecule is C=CC(=O)N(CC[N+]1(Cc2ccc(OC)c(N)c2)CCCCC1)C(C)C.[Cl-]. The number of anilines is 1. The first-order chi connectivity index (χ1) is 12.4. The molecule has 1 aliphatic rings. The third-order valence-corrected chi connectivity index (χ3v) is 5.47. The Balaban J connectivity index is 0.00000364. The Kier molecular flexibility index (Phi) is 9.13. The standard InChI is InChI=1S/C21H34N3O2.ClH/c1-5-21(25)23(17(2)3)11-14-24(12-7-6-8-13-24)16-18-9-10-20(26-4)19(22)15-18;/h5,9-10,15,17H,1,6-8,11-14,16,22H2,2-4H3;1H/q+1;/p-1. The van der Waals surface area contributed by atoms with Crippen LogP contribution in [0.3, 0.4) is 0 Å². The van der Waals surface area contributed by atoms with Crippen LogP contribution in [-0.4, -0.2) is 54.6 Å². The fourth-order valence-corrected chi connectivity index (χ4v) is 3.97. The van der Waals surface area contributed by atoms with Crippen LogP contribution < -0.4 is 22.9 Å². The number of nitrogen functional groups attached to an aromatic ring is 1. The zero-order valence-corrected chi connectivity index (χ0v) is 17.7. The van der Waals surface area contributed by atoms with E-state index in [1.807, 2.05) is 17.0 Å². The second kappa shape index (κ2) is 10.6. The number of nitrogens with two attached hydrogens (primary N) is 1. The molecule has 0 radical (unpaired) electrons. The van der Waals surface area contributed by atoms with E-state index in [0.29, 0.717) is 5.69 Å². The molecule has 2 N–H and O–H groups in total. The molecule has 6 heteroatoms. The topological polar surface area (TPSA) is 55.6 Å². The van der Waals surface area contributed by atoms with Crippen LogP contribution in [0.5, 0.6) is 5.75 Å². The van der Waals surface area contributed by atoms with Crippen LogP contribution in [0.25, 0.3) is 0 Å². The van der Waals surface area contributed by atoms with E-state index in [9.17, 15) is 4.79 Å². The molecular formula is C21H34ClN3O2. The Morgan fingerprint density at radius 3 is 2.52 bits per heavy atom. The lowest BCUT2D eigenvalue weighted by atomic mass is 10.0. The van der Waals surface area contributed by atoms with Crippen LogP contribution in [0, 0.1) is 0 Å². The van der Waals surface area contributed by atoms with Crippen LogP contribution >= 0.6 is 0 Å². The van der Waals surface area contributed by atoms with Gasteiger partial charge in [0.1, 0.15) is 12.3 Å². The molecule has 1 fully saturated rings. The normalized spacial score (nSPS) is 15.7. The molecule has 152 valence electrons. The number of halogens is 1. The van der Waals surface area contributed by atoms with E-state index in [4.69, 9.17) is 10.5 Å². The number of nitrogens with zero attached hydrogens (tertiary/aromatic N) is 2. The van der Waals surface area contributed by atoms with Gasteiger partial charge in [-0.3, -0.25) is 4.79 Å². The van der Waals surface area contributed by atoms with Crippen molar-refractivity contribution in [2.24, 2.45) is 0 Å². The summed E-state index contributed by atoms with van der Waals surface area (Å²) in [6.07, 6.45) is 5.19. The summed E-state index contributed by atoms with van der Waals surface area (Å²) in [5.74, 6) is 0.741. The molecule has 1 aromatic carbocycles.